The first-order valence-electron chi connectivity index (χ1n) is 10.3. The van der Waals surface area contributed by atoms with Crippen LogP contribution >= 0.6 is 23.5 Å². The van der Waals surface area contributed by atoms with Crippen molar-refractivity contribution in [2.24, 2.45) is 11.5 Å². The summed E-state index contributed by atoms with van der Waals surface area (Å²) in [5, 5.41) is 20.4. The molecule has 0 saturated heterocycles. The molecule has 0 aromatic heterocycles. The maximum atomic E-state index is 12.0. The molecule has 3 aromatic rings. The number of rotatable bonds is 10. The average molecular weight is 493 g/mol. The van der Waals surface area contributed by atoms with Crippen LogP contribution in [0.3, 0.4) is 0 Å². The minimum absolute atomic E-state index is 0.170. The van der Waals surface area contributed by atoms with Gasteiger partial charge in [-0.25, -0.2) is 9.59 Å². The number of allylic oxidation sites excluding steroid dienone is 2. The highest BCUT2D eigenvalue weighted by Gasteiger charge is 2.22. The first kappa shape index (κ1) is 25.0. The van der Waals surface area contributed by atoms with Gasteiger partial charge in [0.25, 0.3) is 0 Å². The van der Waals surface area contributed by atoms with Crippen molar-refractivity contribution in [3.8, 4) is 0 Å². The van der Waals surface area contributed by atoms with E-state index >= 15 is 0 Å². The van der Waals surface area contributed by atoms with Gasteiger partial charge < -0.3 is 21.7 Å². The fourth-order valence-corrected chi connectivity index (χ4v) is 4.75. The van der Waals surface area contributed by atoms with E-state index in [1.54, 1.807) is 18.2 Å². The van der Waals surface area contributed by atoms with E-state index in [-0.39, 0.29) is 17.5 Å². The largest absolute Gasteiger partial charge is 0.478 e. The van der Waals surface area contributed by atoms with Gasteiger partial charge in [0.05, 0.1) is 21.2 Å². The summed E-state index contributed by atoms with van der Waals surface area (Å²) in [7, 11) is 0. The Kier molecular flexibility index (Phi) is 8.84. The number of carbonyl (C=O) groups is 2. The van der Waals surface area contributed by atoms with Crippen molar-refractivity contribution in [1.82, 2.24) is 0 Å². The van der Waals surface area contributed by atoms with Gasteiger partial charge in [0.2, 0.25) is 0 Å². The van der Waals surface area contributed by atoms with Crippen molar-refractivity contribution in [2.45, 2.75) is 22.6 Å². The van der Waals surface area contributed by atoms with Crippen LogP contribution < -0.4 is 11.5 Å². The van der Waals surface area contributed by atoms with E-state index in [1.807, 2.05) is 60.7 Å². The van der Waals surface area contributed by atoms with E-state index in [4.69, 9.17) is 11.5 Å². The number of carboxylic acids is 2. The number of aromatic carboxylic acids is 2. The summed E-state index contributed by atoms with van der Waals surface area (Å²) in [4.78, 5) is 25.7. The summed E-state index contributed by atoms with van der Waals surface area (Å²) in [5.41, 5.74) is 12.9. The highest BCUT2D eigenvalue weighted by Crippen LogP contribution is 2.27. The lowest BCUT2D eigenvalue weighted by molar-refractivity contribution is 0.0650. The molecule has 0 aliphatic heterocycles. The van der Waals surface area contributed by atoms with E-state index in [0.717, 1.165) is 9.79 Å². The molecule has 6 nitrogen and oxygen atoms in total. The topological polar surface area (TPSA) is 127 Å². The second kappa shape index (κ2) is 12.0. The zero-order chi connectivity index (χ0) is 24.5. The molecule has 0 aliphatic rings. The van der Waals surface area contributed by atoms with Crippen LogP contribution in [-0.4, -0.2) is 22.2 Å². The molecule has 3 aromatic carbocycles. The minimum atomic E-state index is -1.30. The molecule has 3 rings (SSSR count). The van der Waals surface area contributed by atoms with Crippen molar-refractivity contribution in [2.75, 3.05) is 0 Å². The van der Waals surface area contributed by atoms with Gasteiger partial charge in [0.1, 0.15) is 0 Å². The number of hydrogen-bond acceptors (Lipinski definition) is 6. The molecular formula is C26H24N2O4S2. The van der Waals surface area contributed by atoms with Gasteiger partial charge >= 0.3 is 11.9 Å². The Morgan fingerprint density at radius 2 is 1.21 bits per heavy atom. The predicted molar refractivity (Wildman–Crippen MR) is 137 cm³/mol. The maximum absolute atomic E-state index is 12.0. The van der Waals surface area contributed by atoms with Crippen LogP contribution in [0.25, 0.3) is 0 Å². The summed E-state index contributed by atoms with van der Waals surface area (Å²) in [6.45, 7) is 0. The van der Waals surface area contributed by atoms with Crippen LogP contribution in [0.1, 0.15) is 31.8 Å². The predicted octanol–water partition coefficient (Wildman–Crippen LogP) is 5.35. The SMILES string of the molecule is NC(=CCc1ccc(C(=O)O)c(C(=O)O)c1CC=C(N)Sc1ccccc1)Sc1ccccc1. The zero-order valence-electron chi connectivity index (χ0n) is 18.2. The lowest BCUT2D eigenvalue weighted by Gasteiger charge is -2.14. The molecule has 0 unspecified atom stereocenters. The molecule has 0 saturated carbocycles. The quantitative estimate of drug-likeness (QED) is 0.279. The highest BCUT2D eigenvalue weighted by molar-refractivity contribution is 8.03. The lowest BCUT2D eigenvalue weighted by Crippen LogP contribution is -2.14. The molecule has 8 heteroatoms. The van der Waals surface area contributed by atoms with Crippen molar-refractivity contribution in [3.63, 3.8) is 0 Å². The van der Waals surface area contributed by atoms with Crippen LogP contribution in [0.5, 0.6) is 0 Å². The fourth-order valence-electron chi connectivity index (χ4n) is 3.28. The fraction of sp³-hybridized carbons (Fsp3) is 0.0769. The third-order valence-electron chi connectivity index (χ3n) is 4.84. The van der Waals surface area contributed by atoms with Crippen LogP contribution in [0.4, 0.5) is 0 Å². The summed E-state index contributed by atoms with van der Waals surface area (Å²) < 4.78 is 0. The first-order valence-corrected chi connectivity index (χ1v) is 12.0. The Bertz CT molecular complexity index is 1230. The molecule has 0 radical (unpaired) electrons. The van der Waals surface area contributed by atoms with Gasteiger partial charge in [-0.1, -0.05) is 78.1 Å². The Balaban J connectivity index is 1.91. The third-order valence-corrected chi connectivity index (χ3v) is 6.66. The van der Waals surface area contributed by atoms with Crippen LogP contribution in [0.15, 0.2) is 105 Å². The van der Waals surface area contributed by atoms with Gasteiger partial charge in [0, 0.05) is 9.79 Å². The summed E-state index contributed by atoms with van der Waals surface area (Å²) >= 11 is 2.75. The number of thioether (sulfide) groups is 2. The standard InChI is InChI=1S/C26H24N2O4S2/c27-22(33-18-7-3-1-4-8-18)15-12-17-11-13-21(25(29)30)24(26(31)32)20(17)14-16-23(28)34-19-9-5-2-6-10-19/h1-11,13,15-16H,12,14,27-28H2,(H,29,30)(H,31,32). The number of carboxylic acid groups (broad SMARTS) is 2. The summed E-state index contributed by atoms with van der Waals surface area (Å²) in [6.07, 6.45) is 4.03. The van der Waals surface area contributed by atoms with Crippen LogP contribution in [-0.2, 0) is 12.8 Å². The third kappa shape index (κ3) is 6.94. The second-order valence-corrected chi connectivity index (χ2v) is 9.48. The minimum Gasteiger partial charge on any atom is -0.478 e. The second-order valence-electron chi connectivity index (χ2n) is 7.19. The maximum Gasteiger partial charge on any atom is 0.336 e. The molecule has 0 fully saturated rings. The van der Waals surface area contributed by atoms with E-state index in [1.165, 1.54) is 29.6 Å². The molecule has 0 amide bonds. The molecule has 0 spiro atoms. The molecule has 0 atom stereocenters. The first-order chi connectivity index (χ1) is 16.3. The summed E-state index contributed by atoms with van der Waals surface area (Å²) in [6, 6.07) is 22.1. The average Bonchev–Trinajstić information content (AvgIpc) is 2.82. The smallest absolute Gasteiger partial charge is 0.336 e. The van der Waals surface area contributed by atoms with E-state index in [9.17, 15) is 19.8 Å². The Labute approximate surface area is 206 Å². The molecule has 6 N–H and O–H groups in total. The van der Waals surface area contributed by atoms with Crippen molar-refractivity contribution >= 4 is 35.5 Å². The summed E-state index contributed by atoms with van der Waals surface area (Å²) in [5.74, 6) is -2.59. The number of hydrogen-bond donors (Lipinski definition) is 4. The molecule has 0 bridgehead atoms. The van der Waals surface area contributed by atoms with Gasteiger partial charge in [-0.2, -0.15) is 0 Å². The number of nitrogens with two attached hydrogens (primary N) is 2. The van der Waals surface area contributed by atoms with Crippen LogP contribution in [0, 0.1) is 0 Å². The van der Waals surface area contributed by atoms with E-state index in [0.29, 0.717) is 27.6 Å². The Morgan fingerprint density at radius 1 is 0.706 bits per heavy atom. The van der Waals surface area contributed by atoms with Crippen molar-refractivity contribution in [3.05, 3.63) is 117 Å². The Morgan fingerprint density at radius 3 is 1.68 bits per heavy atom. The molecule has 34 heavy (non-hydrogen) atoms. The van der Waals surface area contributed by atoms with E-state index < -0.39 is 11.9 Å². The van der Waals surface area contributed by atoms with Gasteiger partial charge in [0.15, 0.2) is 0 Å². The van der Waals surface area contributed by atoms with Crippen LogP contribution in [0.2, 0.25) is 0 Å². The number of benzene rings is 3. The lowest BCUT2D eigenvalue weighted by atomic mass is 9.92. The van der Waals surface area contributed by atoms with Gasteiger partial charge in [-0.05, 0) is 54.3 Å². The highest BCUT2D eigenvalue weighted by atomic mass is 32.2. The normalized spacial score (nSPS) is 11.9. The molecule has 174 valence electrons. The Hall–Kier alpha value is -3.62. The molecule has 0 aliphatic carbocycles. The van der Waals surface area contributed by atoms with Crippen molar-refractivity contribution in [1.29, 1.82) is 0 Å². The monoisotopic (exact) mass is 492 g/mol. The zero-order valence-corrected chi connectivity index (χ0v) is 19.8. The molecule has 0 heterocycles. The molecular weight excluding hydrogens is 468 g/mol. The van der Waals surface area contributed by atoms with Crippen molar-refractivity contribution < 1.29 is 19.8 Å². The van der Waals surface area contributed by atoms with Gasteiger partial charge in [-0.3, -0.25) is 0 Å². The van der Waals surface area contributed by atoms with E-state index in [2.05, 4.69) is 0 Å². The van der Waals surface area contributed by atoms with Gasteiger partial charge in [-0.15, -0.1) is 0 Å².